The van der Waals surface area contributed by atoms with Crippen LogP contribution < -0.4 is 5.32 Å². The lowest BCUT2D eigenvalue weighted by atomic mass is 9.97. The molecular formula is C15H21ClN2O. The van der Waals surface area contributed by atoms with Crippen molar-refractivity contribution < 1.29 is 4.79 Å². The van der Waals surface area contributed by atoms with Crippen molar-refractivity contribution in [2.45, 2.75) is 25.8 Å². The Hall–Kier alpha value is -1.06. The van der Waals surface area contributed by atoms with Gasteiger partial charge in [0.25, 0.3) is 0 Å². The first-order valence-corrected chi connectivity index (χ1v) is 7.20. The summed E-state index contributed by atoms with van der Waals surface area (Å²) in [5.41, 5.74) is 1.11. The molecule has 104 valence electrons. The van der Waals surface area contributed by atoms with Crippen LogP contribution in [0.5, 0.6) is 0 Å². The van der Waals surface area contributed by atoms with Gasteiger partial charge in [-0.2, -0.15) is 0 Å². The van der Waals surface area contributed by atoms with E-state index in [1.165, 1.54) is 0 Å². The van der Waals surface area contributed by atoms with E-state index in [2.05, 4.69) is 12.2 Å². The topological polar surface area (TPSA) is 32.3 Å². The molecule has 1 saturated heterocycles. The summed E-state index contributed by atoms with van der Waals surface area (Å²) in [6.45, 7) is 3.88. The van der Waals surface area contributed by atoms with Crippen LogP contribution >= 0.6 is 11.6 Å². The van der Waals surface area contributed by atoms with Gasteiger partial charge in [0.05, 0.1) is 12.0 Å². The van der Waals surface area contributed by atoms with E-state index in [4.69, 9.17) is 11.6 Å². The second kappa shape index (κ2) is 6.40. The molecule has 0 spiro atoms. The summed E-state index contributed by atoms with van der Waals surface area (Å²) < 4.78 is 0. The molecule has 2 rings (SSSR count). The van der Waals surface area contributed by atoms with Crippen LogP contribution in [-0.2, 0) is 4.79 Å². The molecule has 0 saturated carbocycles. The Labute approximate surface area is 119 Å². The van der Waals surface area contributed by atoms with E-state index >= 15 is 0 Å². The fraction of sp³-hybridized carbons (Fsp3) is 0.533. The summed E-state index contributed by atoms with van der Waals surface area (Å²) in [5.74, 6) is 0.350. The number of halogens is 1. The van der Waals surface area contributed by atoms with Crippen LogP contribution in [0.1, 0.15) is 31.4 Å². The molecule has 4 heteroatoms. The molecule has 1 aromatic rings. The number of hydrogen-bond donors (Lipinski definition) is 1. The van der Waals surface area contributed by atoms with Crippen molar-refractivity contribution in [3.8, 4) is 0 Å². The van der Waals surface area contributed by atoms with Crippen LogP contribution in [0.15, 0.2) is 24.3 Å². The van der Waals surface area contributed by atoms with Crippen molar-refractivity contribution >= 4 is 17.5 Å². The molecule has 1 aromatic carbocycles. The van der Waals surface area contributed by atoms with Crippen molar-refractivity contribution in [3.63, 3.8) is 0 Å². The molecule has 0 aliphatic carbocycles. The lowest BCUT2D eigenvalue weighted by Crippen LogP contribution is -2.42. The molecule has 2 atom stereocenters. The van der Waals surface area contributed by atoms with Crippen LogP contribution in [0.25, 0.3) is 0 Å². The molecule has 0 aromatic heterocycles. The minimum absolute atomic E-state index is 0.0756. The minimum Gasteiger partial charge on any atom is -0.339 e. The Bertz CT molecular complexity index is 426. The molecule has 3 nitrogen and oxygen atoms in total. The predicted molar refractivity (Wildman–Crippen MR) is 78.2 cm³/mol. The SMILES string of the molecule is CC(c1ccc(Cl)cc1)N(C)C(=O)[C@H]1CCCNC1. The number of carbonyl (C=O) groups excluding carboxylic acids is 1. The van der Waals surface area contributed by atoms with Crippen LogP contribution in [0, 0.1) is 5.92 Å². The van der Waals surface area contributed by atoms with E-state index in [1.807, 2.05) is 36.2 Å². The summed E-state index contributed by atoms with van der Waals surface area (Å²) in [5, 5.41) is 4.02. The highest BCUT2D eigenvalue weighted by Crippen LogP contribution is 2.23. The first-order chi connectivity index (χ1) is 9.09. The van der Waals surface area contributed by atoms with Crippen molar-refractivity contribution in [1.82, 2.24) is 10.2 Å². The normalized spacial score (nSPS) is 20.9. The predicted octanol–water partition coefficient (Wildman–Crippen LogP) is 2.86. The number of nitrogens with one attached hydrogen (secondary N) is 1. The van der Waals surface area contributed by atoms with Gasteiger partial charge in [0, 0.05) is 18.6 Å². The molecular weight excluding hydrogens is 260 g/mol. The molecule has 1 N–H and O–H groups in total. The Morgan fingerprint density at radius 3 is 2.68 bits per heavy atom. The third kappa shape index (κ3) is 3.48. The van der Waals surface area contributed by atoms with Gasteiger partial charge < -0.3 is 10.2 Å². The van der Waals surface area contributed by atoms with Crippen molar-refractivity contribution in [1.29, 1.82) is 0 Å². The highest BCUT2D eigenvalue weighted by atomic mass is 35.5. The van der Waals surface area contributed by atoms with Gasteiger partial charge in [0.15, 0.2) is 0 Å². The van der Waals surface area contributed by atoms with Gasteiger partial charge in [-0.05, 0) is 44.0 Å². The quantitative estimate of drug-likeness (QED) is 0.923. The van der Waals surface area contributed by atoms with Gasteiger partial charge >= 0.3 is 0 Å². The third-order valence-corrected chi connectivity index (χ3v) is 4.18. The zero-order chi connectivity index (χ0) is 13.8. The van der Waals surface area contributed by atoms with Gasteiger partial charge in [-0.25, -0.2) is 0 Å². The first-order valence-electron chi connectivity index (χ1n) is 6.82. The number of carbonyl (C=O) groups is 1. The zero-order valence-electron chi connectivity index (χ0n) is 11.5. The molecule has 0 radical (unpaired) electrons. The average Bonchev–Trinajstić information content (AvgIpc) is 2.46. The minimum atomic E-state index is 0.0756. The summed E-state index contributed by atoms with van der Waals surface area (Å²) in [7, 11) is 1.89. The van der Waals surface area contributed by atoms with Crippen LogP contribution in [0.4, 0.5) is 0 Å². The van der Waals surface area contributed by atoms with Crippen molar-refractivity contribution in [2.75, 3.05) is 20.1 Å². The Morgan fingerprint density at radius 2 is 2.11 bits per heavy atom. The van der Waals surface area contributed by atoms with Crippen LogP contribution in [-0.4, -0.2) is 30.9 Å². The van der Waals surface area contributed by atoms with Gasteiger partial charge in [-0.1, -0.05) is 23.7 Å². The first kappa shape index (κ1) is 14.4. The summed E-state index contributed by atoms with van der Waals surface area (Å²) in [6, 6.07) is 7.78. The number of benzene rings is 1. The molecule has 1 unspecified atom stereocenters. The van der Waals surface area contributed by atoms with E-state index in [0.717, 1.165) is 36.5 Å². The number of hydrogen-bond acceptors (Lipinski definition) is 2. The van der Waals surface area contributed by atoms with E-state index in [-0.39, 0.29) is 17.9 Å². The summed E-state index contributed by atoms with van der Waals surface area (Å²) in [6.07, 6.45) is 2.07. The van der Waals surface area contributed by atoms with Crippen LogP contribution in [0.3, 0.4) is 0 Å². The lowest BCUT2D eigenvalue weighted by molar-refractivity contribution is -0.136. The fourth-order valence-electron chi connectivity index (χ4n) is 2.51. The molecule has 1 amide bonds. The average molecular weight is 281 g/mol. The second-order valence-electron chi connectivity index (χ2n) is 5.22. The van der Waals surface area contributed by atoms with Crippen LogP contribution in [0.2, 0.25) is 5.02 Å². The molecule has 1 aliphatic heterocycles. The van der Waals surface area contributed by atoms with Crippen molar-refractivity contribution in [2.24, 2.45) is 5.92 Å². The molecule has 1 fully saturated rings. The lowest BCUT2D eigenvalue weighted by Gasteiger charge is -2.31. The van der Waals surface area contributed by atoms with E-state index in [0.29, 0.717) is 0 Å². The molecule has 1 heterocycles. The van der Waals surface area contributed by atoms with Crippen molar-refractivity contribution in [3.05, 3.63) is 34.9 Å². The van der Waals surface area contributed by atoms with E-state index < -0.39 is 0 Å². The summed E-state index contributed by atoms with van der Waals surface area (Å²) >= 11 is 5.89. The van der Waals surface area contributed by atoms with Gasteiger partial charge in [0.1, 0.15) is 0 Å². The van der Waals surface area contributed by atoms with E-state index in [1.54, 1.807) is 0 Å². The Kier molecular flexibility index (Phi) is 4.83. The van der Waals surface area contributed by atoms with Gasteiger partial charge in [0.2, 0.25) is 5.91 Å². The van der Waals surface area contributed by atoms with Gasteiger partial charge in [-0.3, -0.25) is 4.79 Å². The molecule has 19 heavy (non-hydrogen) atoms. The largest absolute Gasteiger partial charge is 0.339 e. The van der Waals surface area contributed by atoms with Gasteiger partial charge in [-0.15, -0.1) is 0 Å². The second-order valence-corrected chi connectivity index (χ2v) is 5.66. The smallest absolute Gasteiger partial charge is 0.227 e. The Balaban J connectivity index is 2.03. The Morgan fingerprint density at radius 1 is 1.42 bits per heavy atom. The summed E-state index contributed by atoms with van der Waals surface area (Å²) in [4.78, 5) is 14.3. The number of amides is 1. The monoisotopic (exact) mass is 280 g/mol. The highest BCUT2D eigenvalue weighted by Gasteiger charge is 2.26. The standard InChI is InChI=1S/C15H21ClN2O/c1-11(12-5-7-14(16)8-6-12)18(2)15(19)13-4-3-9-17-10-13/h5-8,11,13,17H,3-4,9-10H2,1-2H3/t11?,13-/m0/s1. The maximum absolute atomic E-state index is 12.4. The maximum Gasteiger partial charge on any atom is 0.227 e. The van der Waals surface area contributed by atoms with E-state index in [9.17, 15) is 4.79 Å². The molecule has 0 bridgehead atoms. The number of nitrogens with zero attached hydrogens (tertiary/aromatic N) is 1. The highest BCUT2D eigenvalue weighted by molar-refractivity contribution is 6.30. The number of piperidine rings is 1. The zero-order valence-corrected chi connectivity index (χ0v) is 12.3. The molecule has 1 aliphatic rings. The fourth-order valence-corrected chi connectivity index (χ4v) is 2.63. The maximum atomic E-state index is 12.4. The number of rotatable bonds is 3. The third-order valence-electron chi connectivity index (χ3n) is 3.93.